The van der Waals surface area contributed by atoms with E-state index in [0.29, 0.717) is 11.8 Å². The van der Waals surface area contributed by atoms with E-state index in [4.69, 9.17) is 34.8 Å². The molecule has 0 aromatic heterocycles. The van der Waals surface area contributed by atoms with Gasteiger partial charge >= 0.3 is 0 Å². The van der Waals surface area contributed by atoms with E-state index in [1.54, 1.807) is 0 Å². The van der Waals surface area contributed by atoms with Crippen molar-refractivity contribution in [3.05, 3.63) is 70.7 Å². The first-order chi connectivity index (χ1) is 9.22. The Hall–Kier alpha value is -0.690. The summed E-state index contributed by atoms with van der Waals surface area (Å²) in [5.41, 5.74) is 1.90. The predicted octanol–water partition coefficient (Wildman–Crippen LogP) is 5.30. The Morgan fingerprint density at radius 2 is 1.37 bits per heavy atom. The van der Waals surface area contributed by atoms with E-state index in [1.165, 1.54) is 5.56 Å². The van der Waals surface area contributed by atoms with E-state index in [2.05, 4.69) is 12.1 Å². The van der Waals surface area contributed by atoms with Crippen LogP contribution in [-0.2, 0) is 11.8 Å². The molecule has 0 aliphatic carbocycles. The van der Waals surface area contributed by atoms with Crippen LogP contribution >= 0.6 is 34.8 Å². The molecule has 0 heterocycles. The average molecular weight is 314 g/mol. The molecule has 2 aromatic rings. The molecule has 3 heteroatoms. The minimum Gasteiger partial charge on any atom is -0.126 e. The molecule has 0 fully saturated rings. The number of rotatable bonds is 5. The van der Waals surface area contributed by atoms with Gasteiger partial charge in [-0.05, 0) is 23.6 Å². The van der Waals surface area contributed by atoms with Gasteiger partial charge < -0.3 is 0 Å². The van der Waals surface area contributed by atoms with E-state index in [0.717, 1.165) is 17.0 Å². The van der Waals surface area contributed by atoms with Crippen LogP contribution in [0.3, 0.4) is 0 Å². The van der Waals surface area contributed by atoms with Crippen LogP contribution in [0.1, 0.15) is 11.1 Å². The maximum absolute atomic E-state index is 6.31. The molecule has 0 aliphatic heterocycles. The van der Waals surface area contributed by atoms with Crippen molar-refractivity contribution < 1.29 is 0 Å². The second kappa shape index (κ2) is 6.65. The minimum atomic E-state index is -0.331. The second-order valence-electron chi connectivity index (χ2n) is 4.69. The van der Waals surface area contributed by atoms with Gasteiger partial charge in [-0.3, -0.25) is 0 Å². The van der Waals surface area contributed by atoms with Crippen molar-refractivity contribution in [2.24, 2.45) is 0 Å². The maximum atomic E-state index is 6.31. The molecule has 0 N–H and O–H groups in total. The molecule has 0 amide bonds. The lowest BCUT2D eigenvalue weighted by Crippen LogP contribution is -2.33. The highest BCUT2D eigenvalue weighted by atomic mass is 35.5. The van der Waals surface area contributed by atoms with Crippen molar-refractivity contribution in [1.82, 2.24) is 0 Å². The highest BCUT2D eigenvalue weighted by Crippen LogP contribution is 2.35. The fourth-order valence-corrected chi connectivity index (χ4v) is 3.35. The first kappa shape index (κ1) is 14.7. The van der Waals surface area contributed by atoms with Gasteiger partial charge in [-0.25, -0.2) is 0 Å². The van der Waals surface area contributed by atoms with Gasteiger partial charge in [0.25, 0.3) is 0 Å². The van der Waals surface area contributed by atoms with Crippen molar-refractivity contribution in [3.63, 3.8) is 0 Å². The van der Waals surface area contributed by atoms with Crippen LogP contribution in [0.5, 0.6) is 0 Å². The summed E-state index contributed by atoms with van der Waals surface area (Å²) in [5, 5.41) is 0.722. The molecule has 0 saturated carbocycles. The summed E-state index contributed by atoms with van der Waals surface area (Å²) >= 11 is 18.8. The van der Waals surface area contributed by atoms with Crippen LogP contribution in [0.4, 0.5) is 0 Å². The molecule has 2 rings (SSSR count). The van der Waals surface area contributed by atoms with Gasteiger partial charge in [0.15, 0.2) is 0 Å². The van der Waals surface area contributed by atoms with Crippen molar-refractivity contribution in [2.75, 3.05) is 11.8 Å². The number of hydrogen-bond acceptors (Lipinski definition) is 0. The minimum absolute atomic E-state index is 0.331. The summed E-state index contributed by atoms with van der Waals surface area (Å²) in [6.45, 7) is 0. The van der Waals surface area contributed by atoms with Crippen molar-refractivity contribution in [2.45, 2.75) is 11.8 Å². The number of halogens is 3. The molecule has 0 aliphatic rings. The van der Waals surface area contributed by atoms with Crippen molar-refractivity contribution in [3.8, 4) is 0 Å². The van der Waals surface area contributed by atoms with Gasteiger partial charge in [0.05, 0.1) is 0 Å². The van der Waals surface area contributed by atoms with Crippen LogP contribution in [0.25, 0.3) is 0 Å². The lowest BCUT2D eigenvalue weighted by atomic mass is 9.78. The van der Waals surface area contributed by atoms with Crippen LogP contribution in [0, 0.1) is 0 Å². The van der Waals surface area contributed by atoms with E-state index >= 15 is 0 Å². The highest BCUT2D eigenvalue weighted by Gasteiger charge is 2.32. The van der Waals surface area contributed by atoms with E-state index in [9.17, 15) is 0 Å². The quantitative estimate of drug-likeness (QED) is 0.657. The predicted molar refractivity (Wildman–Crippen MR) is 84.7 cm³/mol. The third-order valence-electron chi connectivity index (χ3n) is 3.34. The van der Waals surface area contributed by atoms with Crippen LogP contribution in [0.15, 0.2) is 54.6 Å². The largest absolute Gasteiger partial charge is 0.126 e. The van der Waals surface area contributed by atoms with Gasteiger partial charge in [0.2, 0.25) is 0 Å². The van der Waals surface area contributed by atoms with Gasteiger partial charge in [0, 0.05) is 22.2 Å². The summed E-state index contributed by atoms with van der Waals surface area (Å²) < 4.78 is 0. The fraction of sp³-hybridized carbons (Fsp3) is 0.250. The SMILES string of the molecule is ClCC(CCl)(Cc1ccccc1)c1ccccc1Cl. The molecule has 19 heavy (non-hydrogen) atoms. The molecule has 0 bridgehead atoms. The molecule has 0 atom stereocenters. The Labute approximate surface area is 129 Å². The molecule has 2 aromatic carbocycles. The normalized spacial score (nSPS) is 11.5. The van der Waals surface area contributed by atoms with E-state index < -0.39 is 0 Å². The Kier molecular flexibility index (Phi) is 5.15. The molecular formula is C16H15Cl3. The maximum Gasteiger partial charge on any atom is 0.0444 e. The Morgan fingerprint density at radius 1 is 0.789 bits per heavy atom. The summed E-state index contributed by atoms with van der Waals surface area (Å²) in [4.78, 5) is 0. The number of hydrogen-bond donors (Lipinski definition) is 0. The molecule has 0 radical (unpaired) electrons. The summed E-state index contributed by atoms with van der Waals surface area (Å²) in [5.74, 6) is 0.879. The smallest absolute Gasteiger partial charge is 0.0444 e. The molecular weight excluding hydrogens is 299 g/mol. The first-order valence-electron chi connectivity index (χ1n) is 6.13. The van der Waals surface area contributed by atoms with Gasteiger partial charge in [0.1, 0.15) is 0 Å². The third kappa shape index (κ3) is 3.25. The van der Waals surface area contributed by atoms with Crippen molar-refractivity contribution >= 4 is 34.8 Å². The van der Waals surface area contributed by atoms with Gasteiger partial charge in [-0.2, -0.15) is 0 Å². The van der Waals surface area contributed by atoms with Crippen LogP contribution in [-0.4, -0.2) is 11.8 Å². The van der Waals surface area contributed by atoms with E-state index in [1.807, 2.05) is 42.5 Å². The zero-order valence-electron chi connectivity index (χ0n) is 10.5. The summed E-state index contributed by atoms with van der Waals surface area (Å²) in [7, 11) is 0. The lowest BCUT2D eigenvalue weighted by molar-refractivity contribution is 0.536. The highest BCUT2D eigenvalue weighted by molar-refractivity contribution is 6.32. The standard InChI is InChI=1S/C16H15Cl3/c17-11-16(12-18,10-13-6-2-1-3-7-13)14-8-4-5-9-15(14)19/h1-9H,10-12H2. The fourth-order valence-electron chi connectivity index (χ4n) is 2.25. The summed E-state index contributed by atoms with van der Waals surface area (Å²) in [6.07, 6.45) is 0.782. The molecule has 0 unspecified atom stereocenters. The van der Waals surface area contributed by atoms with Crippen LogP contribution in [0.2, 0.25) is 5.02 Å². The number of benzene rings is 2. The van der Waals surface area contributed by atoms with Crippen LogP contribution < -0.4 is 0 Å². The monoisotopic (exact) mass is 312 g/mol. The zero-order valence-corrected chi connectivity index (χ0v) is 12.7. The number of alkyl halides is 2. The van der Waals surface area contributed by atoms with E-state index in [-0.39, 0.29) is 5.41 Å². The molecule has 0 saturated heterocycles. The third-order valence-corrected chi connectivity index (χ3v) is 4.69. The molecule has 100 valence electrons. The lowest BCUT2D eigenvalue weighted by Gasteiger charge is -2.31. The van der Waals surface area contributed by atoms with Crippen molar-refractivity contribution in [1.29, 1.82) is 0 Å². The van der Waals surface area contributed by atoms with Gasteiger partial charge in [-0.1, -0.05) is 60.1 Å². The Bertz CT molecular complexity index is 519. The zero-order chi connectivity index (χ0) is 13.7. The topological polar surface area (TPSA) is 0 Å². The first-order valence-corrected chi connectivity index (χ1v) is 7.57. The Balaban J connectivity index is 2.41. The average Bonchev–Trinajstić information content (AvgIpc) is 2.47. The molecule has 0 nitrogen and oxygen atoms in total. The van der Waals surface area contributed by atoms with Gasteiger partial charge in [-0.15, -0.1) is 23.2 Å². The Morgan fingerprint density at radius 3 is 1.95 bits per heavy atom. The second-order valence-corrected chi connectivity index (χ2v) is 5.63. The summed E-state index contributed by atoms with van der Waals surface area (Å²) in [6, 6.07) is 18.0. The molecule has 0 spiro atoms.